The number of aromatic nitrogens is 3. The fourth-order valence-corrected chi connectivity index (χ4v) is 2.27. The van der Waals surface area contributed by atoms with Gasteiger partial charge in [0.25, 0.3) is 5.91 Å². The SMILES string of the molecule is COc1ccc(C(=O)N[C@H](c2n[nH]c(=S)n2C)C(C)C)cc1. The number of nitrogens with zero attached hydrogens (tertiary/aromatic N) is 2. The number of amides is 1. The molecule has 0 bridgehead atoms. The van der Waals surface area contributed by atoms with E-state index >= 15 is 0 Å². The third kappa shape index (κ3) is 3.36. The van der Waals surface area contributed by atoms with Gasteiger partial charge in [0.2, 0.25) is 0 Å². The average Bonchev–Trinajstić information content (AvgIpc) is 2.84. The quantitative estimate of drug-likeness (QED) is 0.831. The molecule has 0 fully saturated rings. The van der Waals surface area contributed by atoms with Gasteiger partial charge in [-0.05, 0) is 42.4 Å². The number of carbonyl (C=O) groups excluding carboxylic acids is 1. The zero-order chi connectivity index (χ0) is 16.3. The second-order valence-corrected chi connectivity index (χ2v) is 5.76. The first-order valence-corrected chi connectivity index (χ1v) is 7.41. The highest BCUT2D eigenvalue weighted by atomic mass is 32.1. The molecule has 0 aliphatic carbocycles. The molecule has 0 unspecified atom stereocenters. The lowest BCUT2D eigenvalue weighted by Gasteiger charge is -2.21. The van der Waals surface area contributed by atoms with Crippen LogP contribution in [0, 0.1) is 10.7 Å². The number of hydrogen-bond acceptors (Lipinski definition) is 4. The highest BCUT2D eigenvalue weighted by Gasteiger charge is 2.23. The molecule has 0 aliphatic heterocycles. The van der Waals surface area contributed by atoms with Crippen LogP contribution in [0.25, 0.3) is 0 Å². The van der Waals surface area contributed by atoms with Gasteiger partial charge in [-0.2, -0.15) is 5.10 Å². The maximum atomic E-state index is 12.4. The maximum absolute atomic E-state index is 12.4. The summed E-state index contributed by atoms with van der Waals surface area (Å²) < 4.78 is 7.39. The van der Waals surface area contributed by atoms with Crippen molar-refractivity contribution in [1.82, 2.24) is 20.1 Å². The number of methoxy groups -OCH3 is 1. The van der Waals surface area contributed by atoms with Crippen molar-refractivity contribution in [2.45, 2.75) is 19.9 Å². The van der Waals surface area contributed by atoms with Gasteiger partial charge in [0, 0.05) is 12.6 Å². The van der Waals surface area contributed by atoms with E-state index < -0.39 is 0 Å². The Morgan fingerprint density at radius 2 is 2.00 bits per heavy atom. The van der Waals surface area contributed by atoms with Crippen molar-refractivity contribution in [2.75, 3.05) is 7.11 Å². The van der Waals surface area contributed by atoms with E-state index in [9.17, 15) is 4.79 Å². The van der Waals surface area contributed by atoms with Crippen molar-refractivity contribution < 1.29 is 9.53 Å². The molecular weight excluding hydrogens is 300 g/mol. The van der Waals surface area contributed by atoms with Crippen LogP contribution < -0.4 is 10.1 Å². The minimum Gasteiger partial charge on any atom is -0.497 e. The van der Waals surface area contributed by atoms with Gasteiger partial charge in [-0.1, -0.05) is 13.8 Å². The molecule has 0 saturated heterocycles. The molecule has 1 amide bonds. The zero-order valence-electron chi connectivity index (χ0n) is 13.1. The summed E-state index contributed by atoms with van der Waals surface area (Å²) in [5, 5.41) is 9.98. The largest absolute Gasteiger partial charge is 0.497 e. The number of nitrogens with one attached hydrogen (secondary N) is 2. The van der Waals surface area contributed by atoms with Crippen LogP contribution in [0.1, 0.15) is 36.1 Å². The van der Waals surface area contributed by atoms with Gasteiger partial charge in [0.05, 0.1) is 13.2 Å². The summed E-state index contributed by atoms with van der Waals surface area (Å²) in [6.07, 6.45) is 0. The molecule has 118 valence electrons. The topological polar surface area (TPSA) is 71.9 Å². The van der Waals surface area contributed by atoms with Gasteiger partial charge in [-0.3, -0.25) is 9.89 Å². The molecule has 0 saturated carbocycles. The third-order valence-electron chi connectivity index (χ3n) is 3.50. The van der Waals surface area contributed by atoms with Gasteiger partial charge in [0.15, 0.2) is 10.6 Å². The van der Waals surface area contributed by atoms with Gasteiger partial charge in [-0.15, -0.1) is 0 Å². The number of ether oxygens (including phenoxy) is 1. The number of aromatic amines is 1. The van der Waals surface area contributed by atoms with E-state index in [0.29, 0.717) is 21.9 Å². The zero-order valence-corrected chi connectivity index (χ0v) is 13.9. The van der Waals surface area contributed by atoms with E-state index in [-0.39, 0.29) is 17.9 Å². The summed E-state index contributed by atoms with van der Waals surface area (Å²) in [7, 11) is 3.42. The Bertz CT molecular complexity index is 703. The van der Waals surface area contributed by atoms with Crippen LogP contribution in [0.15, 0.2) is 24.3 Å². The van der Waals surface area contributed by atoms with Gasteiger partial charge in [0.1, 0.15) is 5.75 Å². The van der Waals surface area contributed by atoms with Crippen LogP contribution in [0.5, 0.6) is 5.75 Å². The van der Waals surface area contributed by atoms with Crippen LogP contribution in [-0.4, -0.2) is 27.8 Å². The minimum absolute atomic E-state index is 0.157. The molecule has 2 aromatic rings. The molecule has 22 heavy (non-hydrogen) atoms. The summed E-state index contributed by atoms with van der Waals surface area (Å²) in [4.78, 5) is 12.4. The Morgan fingerprint density at radius 3 is 2.45 bits per heavy atom. The summed E-state index contributed by atoms with van der Waals surface area (Å²) >= 11 is 5.13. The minimum atomic E-state index is -0.229. The number of rotatable bonds is 5. The standard InChI is InChI=1S/C15H20N4O2S/c1-9(2)12(13-17-18-15(22)19(13)3)16-14(20)10-5-7-11(21-4)8-6-10/h5-9,12H,1-4H3,(H,16,20)(H,18,22)/t12-/m0/s1. The fourth-order valence-electron chi connectivity index (χ4n) is 2.13. The number of hydrogen-bond donors (Lipinski definition) is 2. The Morgan fingerprint density at radius 1 is 1.36 bits per heavy atom. The van der Waals surface area contributed by atoms with Crippen LogP contribution in [0.2, 0.25) is 0 Å². The molecule has 6 nitrogen and oxygen atoms in total. The highest BCUT2D eigenvalue weighted by Crippen LogP contribution is 2.20. The van der Waals surface area contributed by atoms with Crippen molar-refractivity contribution in [3.63, 3.8) is 0 Å². The molecule has 1 heterocycles. The first-order valence-electron chi connectivity index (χ1n) is 7.00. The van der Waals surface area contributed by atoms with Crippen molar-refractivity contribution >= 4 is 18.1 Å². The average molecular weight is 320 g/mol. The molecule has 0 radical (unpaired) electrons. The van der Waals surface area contributed by atoms with E-state index in [0.717, 1.165) is 0 Å². The van der Waals surface area contributed by atoms with Crippen molar-refractivity contribution in [3.05, 3.63) is 40.4 Å². The molecule has 1 aromatic heterocycles. The predicted molar refractivity (Wildman–Crippen MR) is 86.4 cm³/mol. The lowest BCUT2D eigenvalue weighted by atomic mass is 10.0. The maximum Gasteiger partial charge on any atom is 0.251 e. The lowest BCUT2D eigenvalue weighted by molar-refractivity contribution is 0.0922. The monoisotopic (exact) mass is 320 g/mol. The molecule has 0 aliphatic rings. The highest BCUT2D eigenvalue weighted by molar-refractivity contribution is 7.71. The predicted octanol–water partition coefficient (Wildman–Crippen LogP) is 2.61. The van der Waals surface area contributed by atoms with Crippen LogP contribution in [0.3, 0.4) is 0 Å². The third-order valence-corrected chi connectivity index (χ3v) is 3.86. The first-order chi connectivity index (χ1) is 10.4. The Labute approximate surface area is 134 Å². The van der Waals surface area contributed by atoms with E-state index in [1.807, 2.05) is 20.9 Å². The molecule has 2 N–H and O–H groups in total. The Kier molecular flexibility index (Phi) is 4.97. The number of carbonyl (C=O) groups is 1. The molecule has 1 aromatic carbocycles. The Balaban J connectivity index is 2.22. The summed E-state index contributed by atoms with van der Waals surface area (Å²) in [6, 6.07) is 6.75. The van der Waals surface area contributed by atoms with E-state index in [1.165, 1.54) is 0 Å². The van der Waals surface area contributed by atoms with Crippen molar-refractivity contribution in [3.8, 4) is 5.75 Å². The molecular formula is C15H20N4O2S. The van der Waals surface area contributed by atoms with Crippen molar-refractivity contribution in [1.29, 1.82) is 0 Å². The van der Waals surface area contributed by atoms with Gasteiger partial charge < -0.3 is 14.6 Å². The second kappa shape index (κ2) is 6.74. The lowest BCUT2D eigenvalue weighted by Crippen LogP contribution is -2.33. The van der Waals surface area contributed by atoms with Gasteiger partial charge in [-0.25, -0.2) is 0 Å². The number of H-pyrrole nitrogens is 1. The molecule has 0 spiro atoms. The van der Waals surface area contributed by atoms with E-state index in [1.54, 1.807) is 35.9 Å². The smallest absolute Gasteiger partial charge is 0.251 e. The molecule has 7 heteroatoms. The van der Waals surface area contributed by atoms with Crippen LogP contribution in [0.4, 0.5) is 0 Å². The van der Waals surface area contributed by atoms with Gasteiger partial charge >= 0.3 is 0 Å². The summed E-state index contributed by atoms with van der Waals surface area (Å²) in [5.41, 5.74) is 0.572. The Hall–Kier alpha value is -2.15. The first kappa shape index (κ1) is 16.2. The normalized spacial score (nSPS) is 12.2. The molecule has 2 rings (SSSR count). The number of benzene rings is 1. The molecule has 1 atom stereocenters. The fraction of sp³-hybridized carbons (Fsp3) is 0.400. The summed E-state index contributed by atoms with van der Waals surface area (Å²) in [6.45, 7) is 4.05. The second-order valence-electron chi connectivity index (χ2n) is 5.37. The van der Waals surface area contributed by atoms with E-state index in [2.05, 4.69) is 15.5 Å². The van der Waals surface area contributed by atoms with Crippen LogP contribution >= 0.6 is 12.2 Å². The summed E-state index contributed by atoms with van der Waals surface area (Å²) in [5.74, 6) is 1.44. The van der Waals surface area contributed by atoms with E-state index in [4.69, 9.17) is 17.0 Å². The van der Waals surface area contributed by atoms with Crippen molar-refractivity contribution in [2.24, 2.45) is 13.0 Å². The van der Waals surface area contributed by atoms with Crippen LogP contribution in [-0.2, 0) is 7.05 Å².